The van der Waals surface area contributed by atoms with Crippen LogP contribution in [0.25, 0.3) is 0 Å². The lowest BCUT2D eigenvalue weighted by Gasteiger charge is -2.14. The molecule has 2 rings (SSSR count). The van der Waals surface area contributed by atoms with Crippen LogP contribution in [-0.4, -0.2) is 35.7 Å². The molecule has 1 saturated heterocycles. The molecule has 2 aliphatic rings. The van der Waals surface area contributed by atoms with Crippen molar-refractivity contribution in [2.45, 2.75) is 33.1 Å². The van der Waals surface area contributed by atoms with Crippen molar-refractivity contribution in [1.82, 2.24) is 10.2 Å². The number of amides is 3. The first-order chi connectivity index (χ1) is 9.50. The fourth-order valence-corrected chi connectivity index (χ4v) is 2.71. The maximum absolute atomic E-state index is 12.2. The Balaban J connectivity index is 1.86. The van der Waals surface area contributed by atoms with Gasteiger partial charge in [-0.25, -0.2) is 0 Å². The molecular formula is C15H22N2O3. The summed E-state index contributed by atoms with van der Waals surface area (Å²) in [5, 5.41) is 2.80. The van der Waals surface area contributed by atoms with Crippen molar-refractivity contribution in [3.05, 3.63) is 12.2 Å². The van der Waals surface area contributed by atoms with Crippen molar-refractivity contribution in [3.8, 4) is 0 Å². The van der Waals surface area contributed by atoms with Crippen LogP contribution in [0.1, 0.15) is 33.1 Å². The quantitative estimate of drug-likeness (QED) is 0.605. The zero-order valence-corrected chi connectivity index (χ0v) is 12.1. The van der Waals surface area contributed by atoms with Crippen LogP contribution >= 0.6 is 0 Å². The van der Waals surface area contributed by atoms with Gasteiger partial charge in [0.15, 0.2) is 0 Å². The van der Waals surface area contributed by atoms with Crippen molar-refractivity contribution in [2.24, 2.45) is 17.8 Å². The number of carbonyl (C=O) groups excluding carboxylic acids is 3. The van der Waals surface area contributed by atoms with Crippen LogP contribution in [0.2, 0.25) is 0 Å². The summed E-state index contributed by atoms with van der Waals surface area (Å²) in [5.74, 6) is -0.338. The van der Waals surface area contributed by atoms with Crippen LogP contribution in [0.3, 0.4) is 0 Å². The second-order valence-corrected chi connectivity index (χ2v) is 5.93. The maximum Gasteiger partial charge on any atom is 0.233 e. The van der Waals surface area contributed by atoms with E-state index in [9.17, 15) is 14.4 Å². The van der Waals surface area contributed by atoms with Gasteiger partial charge in [-0.05, 0) is 18.8 Å². The van der Waals surface area contributed by atoms with Gasteiger partial charge in [0.2, 0.25) is 17.7 Å². The molecule has 2 atom stereocenters. The molecule has 1 N–H and O–H groups in total. The van der Waals surface area contributed by atoms with Crippen LogP contribution in [0.15, 0.2) is 12.2 Å². The highest BCUT2D eigenvalue weighted by Crippen LogP contribution is 2.34. The van der Waals surface area contributed by atoms with Crippen LogP contribution in [-0.2, 0) is 14.4 Å². The Morgan fingerprint density at radius 1 is 1.25 bits per heavy atom. The average Bonchev–Trinajstić information content (AvgIpc) is 2.67. The minimum absolute atomic E-state index is 0.104. The molecule has 0 unspecified atom stereocenters. The van der Waals surface area contributed by atoms with Crippen LogP contribution in [0.5, 0.6) is 0 Å². The number of nitrogens with one attached hydrogen (secondary N) is 1. The van der Waals surface area contributed by atoms with Gasteiger partial charge in [-0.1, -0.05) is 26.0 Å². The summed E-state index contributed by atoms with van der Waals surface area (Å²) >= 11 is 0. The van der Waals surface area contributed by atoms with Crippen LogP contribution in [0.4, 0.5) is 0 Å². The Morgan fingerprint density at radius 3 is 2.30 bits per heavy atom. The number of hydrogen-bond acceptors (Lipinski definition) is 3. The molecule has 1 aliphatic heterocycles. The second kappa shape index (κ2) is 6.20. The van der Waals surface area contributed by atoms with E-state index in [0.717, 1.165) is 0 Å². The summed E-state index contributed by atoms with van der Waals surface area (Å²) in [4.78, 5) is 37.3. The number of hydrogen-bond donors (Lipinski definition) is 1. The number of allylic oxidation sites excluding steroid dienone is 2. The molecule has 5 nitrogen and oxygen atoms in total. The highest BCUT2D eigenvalue weighted by atomic mass is 16.2. The lowest BCUT2D eigenvalue weighted by molar-refractivity contribution is -0.140. The van der Waals surface area contributed by atoms with E-state index in [1.54, 1.807) is 0 Å². The molecule has 1 heterocycles. The predicted molar refractivity (Wildman–Crippen MR) is 74.5 cm³/mol. The second-order valence-electron chi connectivity index (χ2n) is 5.93. The van der Waals surface area contributed by atoms with Gasteiger partial charge < -0.3 is 5.32 Å². The van der Waals surface area contributed by atoms with Crippen LogP contribution < -0.4 is 5.32 Å². The summed E-state index contributed by atoms with van der Waals surface area (Å²) in [6.45, 7) is 4.86. The third-order valence-electron chi connectivity index (χ3n) is 3.87. The monoisotopic (exact) mass is 278 g/mol. The minimum Gasteiger partial charge on any atom is -0.356 e. The van der Waals surface area contributed by atoms with Gasteiger partial charge in [0.25, 0.3) is 0 Å². The smallest absolute Gasteiger partial charge is 0.233 e. The van der Waals surface area contributed by atoms with Gasteiger partial charge >= 0.3 is 0 Å². The topological polar surface area (TPSA) is 66.5 Å². The SMILES string of the molecule is CC(C)CNC(=O)CCN1C(=O)[C@@H]2CC=CC[C@H]2C1=O. The van der Waals surface area contributed by atoms with Gasteiger partial charge in [-0.3, -0.25) is 19.3 Å². The molecule has 20 heavy (non-hydrogen) atoms. The summed E-state index contributed by atoms with van der Waals surface area (Å²) < 4.78 is 0. The summed E-state index contributed by atoms with van der Waals surface area (Å²) in [6.07, 6.45) is 5.41. The van der Waals surface area contributed by atoms with Crippen molar-refractivity contribution < 1.29 is 14.4 Å². The molecule has 110 valence electrons. The van der Waals surface area contributed by atoms with Gasteiger partial charge in [0.05, 0.1) is 11.8 Å². The third kappa shape index (κ3) is 3.08. The molecule has 0 aromatic carbocycles. The molecule has 0 bridgehead atoms. The van der Waals surface area contributed by atoms with E-state index in [1.165, 1.54) is 4.90 Å². The van der Waals surface area contributed by atoms with E-state index >= 15 is 0 Å². The fraction of sp³-hybridized carbons (Fsp3) is 0.667. The summed E-state index contributed by atoms with van der Waals surface area (Å²) in [6, 6.07) is 0. The number of fused-ring (bicyclic) bond motifs is 1. The molecule has 5 heteroatoms. The van der Waals surface area contributed by atoms with E-state index in [2.05, 4.69) is 5.32 Å². The highest BCUT2D eigenvalue weighted by Gasteiger charge is 2.46. The number of rotatable bonds is 5. The van der Waals surface area contributed by atoms with E-state index in [0.29, 0.717) is 25.3 Å². The van der Waals surface area contributed by atoms with E-state index in [1.807, 2.05) is 26.0 Å². The normalized spacial score (nSPS) is 25.2. The van der Waals surface area contributed by atoms with Gasteiger partial charge in [0, 0.05) is 19.5 Å². The van der Waals surface area contributed by atoms with E-state index in [4.69, 9.17) is 0 Å². The Morgan fingerprint density at radius 2 is 1.80 bits per heavy atom. The van der Waals surface area contributed by atoms with Crippen LogP contribution in [0, 0.1) is 17.8 Å². The van der Waals surface area contributed by atoms with Gasteiger partial charge in [0.1, 0.15) is 0 Å². The molecular weight excluding hydrogens is 256 g/mol. The Bertz CT molecular complexity index is 416. The number of carbonyl (C=O) groups is 3. The van der Waals surface area contributed by atoms with Crippen molar-refractivity contribution in [3.63, 3.8) is 0 Å². The maximum atomic E-state index is 12.2. The summed E-state index contributed by atoms with van der Waals surface area (Å²) in [7, 11) is 0. The van der Waals surface area contributed by atoms with Gasteiger partial charge in [-0.15, -0.1) is 0 Å². The molecule has 0 spiro atoms. The third-order valence-corrected chi connectivity index (χ3v) is 3.87. The van der Waals surface area contributed by atoms with Crippen molar-refractivity contribution >= 4 is 17.7 Å². The lowest BCUT2D eigenvalue weighted by Crippen LogP contribution is -2.36. The first-order valence-corrected chi connectivity index (χ1v) is 7.27. The first-order valence-electron chi connectivity index (χ1n) is 7.27. The highest BCUT2D eigenvalue weighted by molar-refractivity contribution is 6.05. The zero-order chi connectivity index (χ0) is 14.7. The number of nitrogens with zero attached hydrogens (tertiary/aromatic N) is 1. The van der Waals surface area contributed by atoms with Crippen molar-refractivity contribution in [2.75, 3.05) is 13.1 Å². The Hall–Kier alpha value is -1.65. The molecule has 0 radical (unpaired) electrons. The molecule has 3 amide bonds. The molecule has 1 fully saturated rings. The van der Waals surface area contributed by atoms with Crippen molar-refractivity contribution in [1.29, 1.82) is 0 Å². The minimum atomic E-state index is -0.203. The Labute approximate surface area is 119 Å². The van der Waals surface area contributed by atoms with E-state index < -0.39 is 0 Å². The number of imide groups is 1. The molecule has 0 aromatic heterocycles. The molecule has 0 aromatic rings. The fourth-order valence-electron chi connectivity index (χ4n) is 2.71. The largest absolute Gasteiger partial charge is 0.356 e. The summed E-state index contributed by atoms with van der Waals surface area (Å²) in [5.41, 5.74) is 0. The standard InChI is InChI=1S/C15H22N2O3/c1-10(2)9-16-13(18)7-8-17-14(19)11-5-3-4-6-12(11)15(17)20/h3-4,10-12H,5-9H2,1-2H3,(H,16,18)/t11-,12-/m1/s1. The number of likely N-dealkylation sites (tertiary alicyclic amines) is 1. The average molecular weight is 278 g/mol. The molecule has 0 saturated carbocycles. The Kier molecular flexibility index (Phi) is 4.57. The van der Waals surface area contributed by atoms with E-state index in [-0.39, 0.29) is 42.5 Å². The first kappa shape index (κ1) is 14.8. The predicted octanol–water partition coefficient (Wildman–Crippen LogP) is 1.10. The zero-order valence-electron chi connectivity index (χ0n) is 12.1. The lowest BCUT2D eigenvalue weighted by atomic mass is 9.85. The van der Waals surface area contributed by atoms with Gasteiger partial charge in [-0.2, -0.15) is 0 Å². The molecule has 1 aliphatic carbocycles.